The number of unbranched alkanes of at least 4 members (excludes halogenated alkanes) is 4. The van der Waals surface area contributed by atoms with Gasteiger partial charge in [-0.25, -0.2) is 0 Å². The number of carbonyl (C=O) groups excluding carboxylic acids is 3. The number of allylic oxidation sites excluding steroid dienone is 1. The molecule has 0 aromatic carbocycles. The summed E-state index contributed by atoms with van der Waals surface area (Å²) in [6, 6.07) is -1.43. The molecule has 8 nitrogen and oxygen atoms in total. The Hall–Kier alpha value is -2.19. The van der Waals surface area contributed by atoms with Crippen molar-refractivity contribution in [1.29, 1.82) is 0 Å². The third kappa shape index (κ3) is 5.31. The minimum Gasteiger partial charge on any atom is -0.465 e. The second-order valence-corrected chi connectivity index (χ2v) is 11.1. The fourth-order valence-corrected chi connectivity index (χ4v) is 6.93. The van der Waals surface area contributed by atoms with Crippen molar-refractivity contribution in [2.24, 2.45) is 11.8 Å². The van der Waals surface area contributed by atoms with E-state index in [0.717, 1.165) is 38.5 Å². The van der Waals surface area contributed by atoms with Crippen LogP contribution in [0.15, 0.2) is 25.3 Å². The molecule has 0 aliphatic carbocycles. The van der Waals surface area contributed by atoms with Crippen LogP contribution < -0.4 is 0 Å². The summed E-state index contributed by atoms with van der Waals surface area (Å²) in [5.74, 6) is -2.44. The Kier molecular flexibility index (Phi) is 10.6. The highest BCUT2D eigenvalue weighted by Gasteiger charge is 2.79. The third-order valence-corrected chi connectivity index (χ3v) is 8.92. The molecular weight excluding hydrogens is 484 g/mol. The molecule has 38 heavy (non-hydrogen) atoms. The topological polar surface area (TPSA) is 96.4 Å². The molecule has 0 aromatic heterocycles. The van der Waals surface area contributed by atoms with E-state index >= 15 is 0 Å². The van der Waals surface area contributed by atoms with Gasteiger partial charge in [-0.1, -0.05) is 45.8 Å². The van der Waals surface area contributed by atoms with E-state index in [1.807, 2.05) is 19.9 Å². The van der Waals surface area contributed by atoms with Gasteiger partial charge in [-0.2, -0.15) is 0 Å². The Labute approximate surface area is 228 Å². The minimum atomic E-state index is -1.11. The number of likely N-dealkylation sites (tertiary alicyclic amines) is 1. The molecule has 3 rings (SSSR count). The standard InChI is InChI=1S/C30H48N2O6/c1-6-11-13-15-20-37-28(36)24-23-26(34)32(22(9-4)21-33)25(30(23)17-16-29(24,10-5)38-30)27(35)31(18-8-3)19-14-12-7-2/h6,8,22-25,33H,1,3,7,9-21H2,2,4-5H3/t22-,23-,24-,25?,29+,30?/m0/s1. The number of carbonyl (C=O) groups is 3. The van der Waals surface area contributed by atoms with Crippen molar-refractivity contribution in [2.45, 2.75) is 108 Å². The van der Waals surface area contributed by atoms with Crippen LogP contribution >= 0.6 is 0 Å². The lowest BCUT2D eigenvalue weighted by Crippen LogP contribution is -2.59. The van der Waals surface area contributed by atoms with E-state index in [2.05, 4.69) is 20.1 Å². The van der Waals surface area contributed by atoms with Crippen LogP contribution in [-0.4, -0.2) is 82.3 Å². The normalized spacial score (nSPS) is 30.3. The maximum Gasteiger partial charge on any atom is 0.312 e. The lowest BCUT2D eigenvalue weighted by atomic mass is 9.65. The van der Waals surface area contributed by atoms with Gasteiger partial charge in [-0.05, 0) is 51.4 Å². The van der Waals surface area contributed by atoms with Gasteiger partial charge in [-0.15, -0.1) is 13.2 Å². The zero-order valence-corrected chi connectivity index (χ0v) is 23.7. The molecule has 1 N–H and O–H groups in total. The zero-order chi connectivity index (χ0) is 27.9. The Morgan fingerprint density at radius 1 is 1.18 bits per heavy atom. The number of fused-ring (bicyclic) bond motifs is 1. The van der Waals surface area contributed by atoms with Gasteiger partial charge < -0.3 is 24.4 Å². The largest absolute Gasteiger partial charge is 0.465 e. The van der Waals surface area contributed by atoms with Crippen LogP contribution in [0.3, 0.4) is 0 Å². The summed E-state index contributed by atoms with van der Waals surface area (Å²) in [6.07, 6.45) is 11.0. The molecule has 3 heterocycles. The smallest absolute Gasteiger partial charge is 0.312 e. The van der Waals surface area contributed by atoms with Gasteiger partial charge in [0.2, 0.25) is 11.8 Å². The molecule has 3 saturated heterocycles. The van der Waals surface area contributed by atoms with E-state index in [9.17, 15) is 19.5 Å². The van der Waals surface area contributed by atoms with Gasteiger partial charge in [-0.3, -0.25) is 14.4 Å². The van der Waals surface area contributed by atoms with Gasteiger partial charge in [0.1, 0.15) is 17.6 Å². The molecule has 3 aliphatic heterocycles. The SMILES string of the molecule is C=CCCCCOC(=O)[C@@H]1[C@H]2C(=O)N([C@@H](CC)CO)C(C(=O)N(CC=C)CCCCC)C23CC[C@@]1(CC)O3. The number of nitrogens with zero attached hydrogens (tertiary/aromatic N) is 2. The third-order valence-electron chi connectivity index (χ3n) is 8.92. The molecule has 2 unspecified atom stereocenters. The van der Waals surface area contributed by atoms with Crippen LogP contribution in [0.5, 0.6) is 0 Å². The number of esters is 1. The first-order valence-electron chi connectivity index (χ1n) is 14.6. The highest BCUT2D eigenvalue weighted by Crippen LogP contribution is 2.64. The Morgan fingerprint density at radius 2 is 1.95 bits per heavy atom. The number of ether oxygens (including phenoxy) is 2. The van der Waals surface area contributed by atoms with Gasteiger partial charge in [0.05, 0.1) is 30.8 Å². The van der Waals surface area contributed by atoms with Crippen LogP contribution in [0.2, 0.25) is 0 Å². The van der Waals surface area contributed by atoms with Crippen molar-refractivity contribution < 1.29 is 29.0 Å². The average Bonchev–Trinajstić information content (AvgIpc) is 3.52. The van der Waals surface area contributed by atoms with Crippen molar-refractivity contribution in [3.05, 3.63) is 25.3 Å². The van der Waals surface area contributed by atoms with Crippen molar-refractivity contribution in [1.82, 2.24) is 9.80 Å². The van der Waals surface area contributed by atoms with Crippen molar-refractivity contribution in [2.75, 3.05) is 26.3 Å². The Morgan fingerprint density at radius 3 is 2.55 bits per heavy atom. The highest BCUT2D eigenvalue weighted by atomic mass is 16.6. The zero-order valence-electron chi connectivity index (χ0n) is 23.7. The number of aliphatic hydroxyl groups is 1. The molecule has 0 radical (unpaired) electrons. The van der Waals surface area contributed by atoms with Crippen LogP contribution in [0, 0.1) is 11.8 Å². The Balaban J connectivity index is 1.99. The van der Waals surface area contributed by atoms with Crippen LogP contribution in [0.25, 0.3) is 0 Å². The van der Waals surface area contributed by atoms with E-state index in [-0.39, 0.29) is 25.0 Å². The summed E-state index contributed by atoms with van der Waals surface area (Å²) in [4.78, 5) is 45.4. The minimum absolute atomic E-state index is 0.186. The first-order chi connectivity index (χ1) is 18.3. The van der Waals surface area contributed by atoms with E-state index in [4.69, 9.17) is 9.47 Å². The van der Waals surface area contributed by atoms with Crippen molar-refractivity contribution in [3.63, 3.8) is 0 Å². The maximum absolute atomic E-state index is 14.3. The molecule has 3 aliphatic rings. The second kappa shape index (κ2) is 13.2. The van der Waals surface area contributed by atoms with Crippen LogP contribution in [-0.2, 0) is 23.9 Å². The van der Waals surface area contributed by atoms with Crippen molar-refractivity contribution in [3.8, 4) is 0 Å². The van der Waals surface area contributed by atoms with Gasteiger partial charge in [0.15, 0.2) is 0 Å². The summed E-state index contributed by atoms with van der Waals surface area (Å²) in [7, 11) is 0. The molecule has 3 fully saturated rings. The van der Waals surface area contributed by atoms with Gasteiger partial charge in [0, 0.05) is 13.1 Å². The highest BCUT2D eigenvalue weighted by molar-refractivity contribution is 5.98. The summed E-state index contributed by atoms with van der Waals surface area (Å²) in [5, 5.41) is 10.2. The number of rotatable bonds is 17. The lowest BCUT2D eigenvalue weighted by Gasteiger charge is -2.39. The predicted octanol–water partition coefficient (Wildman–Crippen LogP) is 4.02. The fourth-order valence-electron chi connectivity index (χ4n) is 6.93. The average molecular weight is 533 g/mol. The molecule has 2 amide bonds. The number of aliphatic hydroxyl groups excluding tert-OH is 1. The maximum atomic E-state index is 14.3. The quantitative estimate of drug-likeness (QED) is 0.173. The van der Waals surface area contributed by atoms with Crippen LogP contribution in [0.4, 0.5) is 0 Å². The van der Waals surface area contributed by atoms with E-state index < -0.39 is 41.1 Å². The summed E-state index contributed by atoms with van der Waals surface area (Å²) >= 11 is 0. The van der Waals surface area contributed by atoms with Gasteiger partial charge >= 0.3 is 5.97 Å². The van der Waals surface area contributed by atoms with Crippen molar-refractivity contribution >= 4 is 17.8 Å². The molecular formula is C30H48N2O6. The monoisotopic (exact) mass is 532 g/mol. The summed E-state index contributed by atoms with van der Waals surface area (Å²) < 4.78 is 12.5. The second-order valence-electron chi connectivity index (χ2n) is 11.1. The first kappa shape index (κ1) is 30.4. The summed E-state index contributed by atoms with van der Waals surface area (Å²) in [5.41, 5.74) is -1.93. The number of amides is 2. The summed E-state index contributed by atoms with van der Waals surface area (Å²) in [6.45, 7) is 14.5. The van der Waals surface area contributed by atoms with E-state index in [1.54, 1.807) is 15.9 Å². The molecule has 1 spiro atoms. The fraction of sp³-hybridized carbons (Fsp3) is 0.767. The number of hydrogen-bond acceptors (Lipinski definition) is 6. The first-order valence-corrected chi connectivity index (χ1v) is 14.6. The van der Waals surface area contributed by atoms with Crippen LogP contribution in [0.1, 0.15) is 85.0 Å². The molecule has 2 bridgehead atoms. The molecule has 0 aromatic rings. The molecule has 214 valence electrons. The Bertz CT molecular complexity index is 873. The molecule has 0 saturated carbocycles. The van der Waals surface area contributed by atoms with Gasteiger partial charge in [0.25, 0.3) is 0 Å². The molecule has 8 heteroatoms. The molecule has 6 atom stereocenters. The van der Waals surface area contributed by atoms with E-state index in [1.165, 1.54) is 0 Å². The van der Waals surface area contributed by atoms with E-state index in [0.29, 0.717) is 38.8 Å². The predicted molar refractivity (Wildman–Crippen MR) is 146 cm³/mol. The lowest BCUT2D eigenvalue weighted by molar-refractivity contribution is -0.163. The number of hydrogen-bond donors (Lipinski definition) is 1.